The number of likely N-dealkylation sites (tertiary alicyclic amines) is 1. The van der Waals surface area contributed by atoms with Gasteiger partial charge in [-0.15, -0.1) is 0 Å². The van der Waals surface area contributed by atoms with Crippen LogP contribution in [0.2, 0.25) is 0 Å². The third-order valence-electron chi connectivity index (χ3n) is 3.21. The fraction of sp³-hybridized carbons (Fsp3) is 0.923. The Morgan fingerprint density at radius 1 is 1.44 bits per heavy atom. The van der Waals surface area contributed by atoms with Crippen molar-refractivity contribution in [1.82, 2.24) is 10.2 Å². The van der Waals surface area contributed by atoms with Crippen LogP contribution in [0.15, 0.2) is 0 Å². The van der Waals surface area contributed by atoms with Crippen molar-refractivity contribution in [2.75, 3.05) is 19.6 Å². The lowest BCUT2D eigenvalue weighted by Gasteiger charge is -2.22. The Morgan fingerprint density at radius 2 is 2.12 bits per heavy atom. The van der Waals surface area contributed by atoms with Crippen LogP contribution in [0, 0.1) is 5.92 Å². The van der Waals surface area contributed by atoms with Crippen LogP contribution in [0.4, 0.5) is 0 Å². The van der Waals surface area contributed by atoms with Gasteiger partial charge in [-0.05, 0) is 33.1 Å². The Bertz CT molecular complexity index is 233. The minimum atomic E-state index is 0.108. The first kappa shape index (κ1) is 13.5. The summed E-state index contributed by atoms with van der Waals surface area (Å²) in [4.78, 5) is 13.9. The molecule has 0 spiro atoms. The van der Waals surface area contributed by atoms with E-state index in [0.29, 0.717) is 12.3 Å². The van der Waals surface area contributed by atoms with Crippen molar-refractivity contribution in [3.8, 4) is 0 Å². The zero-order valence-corrected chi connectivity index (χ0v) is 11.2. The van der Waals surface area contributed by atoms with Crippen molar-refractivity contribution in [2.24, 2.45) is 5.92 Å². The molecular formula is C13H26N2O. The van der Waals surface area contributed by atoms with E-state index in [4.69, 9.17) is 0 Å². The molecular weight excluding hydrogens is 200 g/mol. The molecule has 0 aromatic rings. The predicted octanol–water partition coefficient (Wildman–Crippen LogP) is 2.02. The van der Waals surface area contributed by atoms with Gasteiger partial charge in [-0.25, -0.2) is 0 Å². The average Bonchev–Trinajstić information content (AvgIpc) is 2.63. The van der Waals surface area contributed by atoms with E-state index in [1.54, 1.807) is 0 Å². The number of carbonyl (C=O) groups excluding carboxylic acids is 1. The molecule has 1 aliphatic rings. The minimum absolute atomic E-state index is 0.108. The van der Waals surface area contributed by atoms with Crippen molar-refractivity contribution in [2.45, 2.75) is 52.5 Å². The smallest absolute Gasteiger partial charge is 0.223 e. The van der Waals surface area contributed by atoms with Crippen molar-refractivity contribution in [3.05, 3.63) is 0 Å². The van der Waals surface area contributed by atoms with Crippen molar-refractivity contribution in [3.63, 3.8) is 0 Å². The van der Waals surface area contributed by atoms with Crippen LogP contribution >= 0.6 is 0 Å². The van der Waals surface area contributed by atoms with E-state index in [2.05, 4.69) is 33.0 Å². The molecule has 1 unspecified atom stereocenters. The van der Waals surface area contributed by atoms with E-state index < -0.39 is 0 Å². The molecule has 0 radical (unpaired) electrons. The Labute approximate surface area is 99.6 Å². The van der Waals surface area contributed by atoms with Crippen LogP contribution in [0.5, 0.6) is 0 Å². The first-order valence-electron chi connectivity index (χ1n) is 6.45. The highest BCUT2D eigenvalue weighted by Crippen LogP contribution is 2.19. The molecule has 1 fully saturated rings. The van der Waals surface area contributed by atoms with E-state index in [9.17, 15) is 4.79 Å². The monoisotopic (exact) mass is 226 g/mol. The summed E-state index contributed by atoms with van der Waals surface area (Å²) in [6, 6.07) is 0. The van der Waals surface area contributed by atoms with E-state index in [1.807, 2.05) is 4.90 Å². The van der Waals surface area contributed by atoms with Gasteiger partial charge >= 0.3 is 0 Å². The minimum Gasteiger partial charge on any atom is -0.342 e. The highest BCUT2D eigenvalue weighted by molar-refractivity contribution is 5.76. The van der Waals surface area contributed by atoms with Crippen LogP contribution < -0.4 is 5.32 Å². The van der Waals surface area contributed by atoms with Gasteiger partial charge in [0.25, 0.3) is 0 Å². The lowest BCUT2D eigenvalue weighted by atomic mass is 10.1. The summed E-state index contributed by atoms with van der Waals surface area (Å²) in [5, 5.41) is 3.35. The number of nitrogens with zero attached hydrogens (tertiary/aromatic N) is 1. The molecule has 16 heavy (non-hydrogen) atoms. The number of hydrogen-bond donors (Lipinski definition) is 1. The molecule has 1 aliphatic heterocycles. The fourth-order valence-electron chi connectivity index (χ4n) is 2.09. The summed E-state index contributed by atoms with van der Waals surface area (Å²) < 4.78 is 0. The lowest BCUT2D eigenvalue weighted by molar-refractivity contribution is -0.130. The predicted molar refractivity (Wildman–Crippen MR) is 67.4 cm³/mol. The molecule has 1 saturated heterocycles. The second kappa shape index (κ2) is 5.67. The van der Waals surface area contributed by atoms with Crippen LogP contribution in [0.25, 0.3) is 0 Å². The number of amides is 1. The average molecular weight is 226 g/mol. The van der Waals surface area contributed by atoms with Crippen LogP contribution in [-0.4, -0.2) is 36.0 Å². The third kappa shape index (κ3) is 4.52. The summed E-state index contributed by atoms with van der Waals surface area (Å²) in [5.41, 5.74) is 0.108. The summed E-state index contributed by atoms with van der Waals surface area (Å²) >= 11 is 0. The van der Waals surface area contributed by atoms with E-state index >= 15 is 0 Å². The van der Waals surface area contributed by atoms with Gasteiger partial charge in [0.15, 0.2) is 0 Å². The molecule has 3 heteroatoms. The molecule has 1 heterocycles. The van der Waals surface area contributed by atoms with Gasteiger partial charge in [-0.3, -0.25) is 4.79 Å². The SMILES string of the molecule is CCC1CCN(C(=O)CCNC(C)(C)C)C1. The number of hydrogen-bond acceptors (Lipinski definition) is 2. The quantitative estimate of drug-likeness (QED) is 0.795. The van der Waals surface area contributed by atoms with Crippen LogP contribution in [0.1, 0.15) is 47.0 Å². The van der Waals surface area contributed by atoms with Crippen LogP contribution in [0.3, 0.4) is 0 Å². The molecule has 0 aromatic carbocycles. The standard InChI is InChI=1S/C13H26N2O/c1-5-11-7-9-15(10-11)12(16)6-8-14-13(2,3)4/h11,14H,5-10H2,1-4H3. The highest BCUT2D eigenvalue weighted by atomic mass is 16.2. The molecule has 94 valence electrons. The second-order valence-corrected chi connectivity index (χ2v) is 5.83. The molecule has 1 rings (SSSR count). The normalized spacial score (nSPS) is 21.5. The molecule has 1 amide bonds. The van der Waals surface area contributed by atoms with Crippen molar-refractivity contribution in [1.29, 1.82) is 0 Å². The Kier molecular flexibility index (Phi) is 4.78. The molecule has 1 N–H and O–H groups in total. The fourth-order valence-corrected chi connectivity index (χ4v) is 2.09. The molecule has 0 bridgehead atoms. The number of rotatable bonds is 4. The maximum absolute atomic E-state index is 11.9. The van der Waals surface area contributed by atoms with Crippen molar-refractivity contribution < 1.29 is 4.79 Å². The Hall–Kier alpha value is -0.570. The first-order valence-corrected chi connectivity index (χ1v) is 6.45. The van der Waals surface area contributed by atoms with Gasteiger partial charge < -0.3 is 10.2 Å². The van der Waals surface area contributed by atoms with Gasteiger partial charge in [0, 0.05) is 31.6 Å². The van der Waals surface area contributed by atoms with Crippen LogP contribution in [-0.2, 0) is 4.79 Å². The summed E-state index contributed by atoms with van der Waals surface area (Å²) in [6.45, 7) is 11.3. The van der Waals surface area contributed by atoms with Gasteiger partial charge in [-0.1, -0.05) is 13.3 Å². The van der Waals surface area contributed by atoms with Crippen molar-refractivity contribution >= 4 is 5.91 Å². The van der Waals surface area contributed by atoms with Gasteiger partial charge in [0.1, 0.15) is 0 Å². The third-order valence-corrected chi connectivity index (χ3v) is 3.21. The summed E-state index contributed by atoms with van der Waals surface area (Å²) in [5.74, 6) is 1.05. The molecule has 3 nitrogen and oxygen atoms in total. The largest absolute Gasteiger partial charge is 0.342 e. The maximum Gasteiger partial charge on any atom is 0.223 e. The molecule has 0 aromatic heterocycles. The first-order chi connectivity index (χ1) is 7.42. The lowest BCUT2D eigenvalue weighted by Crippen LogP contribution is -2.39. The Balaban J connectivity index is 2.21. The van der Waals surface area contributed by atoms with E-state index in [1.165, 1.54) is 12.8 Å². The van der Waals surface area contributed by atoms with Gasteiger partial charge in [-0.2, -0.15) is 0 Å². The molecule has 1 atom stereocenters. The number of nitrogens with one attached hydrogen (secondary N) is 1. The topological polar surface area (TPSA) is 32.3 Å². The zero-order chi connectivity index (χ0) is 12.2. The van der Waals surface area contributed by atoms with Gasteiger partial charge in [0.2, 0.25) is 5.91 Å². The molecule has 0 saturated carbocycles. The summed E-state index contributed by atoms with van der Waals surface area (Å²) in [6.07, 6.45) is 3.02. The van der Waals surface area contributed by atoms with E-state index in [-0.39, 0.29) is 5.54 Å². The summed E-state index contributed by atoms with van der Waals surface area (Å²) in [7, 11) is 0. The second-order valence-electron chi connectivity index (χ2n) is 5.83. The Morgan fingerprint density at radius 3 is 2.62 bits per heavy atom. The van der Waals surface area contributed by atoms with E-state index in [0.717, 1.165) is 25.6 Å². The maximum atomic E-state index is 11.9. The number of carbonyl (C=O) groups is 1. The molecule has 0 aliphatic carbocycles. The van der Waals surface area contributed by atoms with Gasteiger partial charge in [0.05, 0.1) is 0 Å². The zero-order valence-electron chi connectivity index (χ0n) is 11.2. The highest BCUT2D eigenvalue weighted by Gasteiger charge is 2.24.